The number of methoxy groups -OCH3 is 1. The molecule has 0 heterocycles. The maximum Gasteiger partial charge on any atom is 0.311 e. The molecule has 104 valence electrons. The third kappa shape index (κ3) is 3.25. The van der Waals surface area contributed by atoms with E-state index in [0.29, 0.717) is 11.1 Å². The van der Waals surface area contributed by atoms with Gasteiger partial charge in [-0.2, -0.15) is 5.26 Å². The second kappa shape index (κ2) is 6.35. The Morgan fingerprint density at radius 1 is 1.29 bits per heavy atom. The van der Waals surface area contributed by atoms with Crippen LogP contribution in [-0.4, -0.2) is 12.0 Å². The number of hydrogen-bond acceptors (Lipinski definition) is 4. The van der Waals surface area contributed by atoms with Crippen LogP contribution in [0.25, 0.3) is 11.6 Å². The largest absolute Gasteiger partial charge is 0.490 e. The molecule has 0 aromatic heterocycles. The van der Waals surface area contributed by atoms with E-state index in [9.17, 15) is 15.4 Å². The molecule has 0 aliphatic rings. The quantitative estimate of drug-likeness (QED) is 0.370. The first kappa shape index (κ1) is 14.3. The van der Waals surface area contributed by atoms with Crippen molar-refractivity contribution >= 4 is 17.3 Å². The third-order valence-electron chi connectivity index (χ3n) is 2.92. The van der Waals surface area contributed by atoms with Crippen LogP contribution in [0.4, 0.5) is 5.69 Å². The van der Waals surface area contributed by atoms with Crippen molar-refractivity contribution in [2.75, 3.05) is 7.11 Å². The maximum absolute atomic E-state index is 11.0. The van der Waals surface area contributed by atoms with Gasteiger partial charge in [0.15, 0.2) is 5.75 Å². The van der Waals surface area contributed by atoms with E-state index in [4.69, 9.17) is 4.74 Å². The van der Waals surface area contributed by atoms with Gasteiger partial charge in [0.05, 0.1) is 23.7 Å². The van der Waals surface area contributed by atoms with Crippen LogP contribution in [0.1, 0.15) is 11.1 Å². The van der Waals surface area contributed by atoms with Crippen LogP contribution in [-0.2, 0) is 0 Å². The third-order valence-corrected chi connectivity index (χ3v) is 2.92. The summed E-state index contributed by atoms with van der Waals surface area (Å²) < 4.78 is 4.95. The fourth-order valence-corrected chi connectivity index (χ4v) is 1.90. The van der Waals surface area contributed by atoms with E-state index in [1.165, 1.54) is 19.2 Å². The summed E-state index contributed by atoms with van der Waals surface area (Å²) >= 11 is 0. The van der Waals surface area contributed by atoms with Gasteiger partial charge in [-0.25, -0.2) is 0 Å². The molecule has 0 saturated heterocycles. The molecular formula is C16H12N2O3. The summed E-state index contributed by atoms with van der Waals surface area (Å²) in [4.78, 5) is 10.5. The monoisotopic (exact) mass is 280 g/mol. The van der Waals surface area contributed by atoms with E-state index in [-0.39, 0.29) is 11.4 Å². The first-order valence-corrected chi connectivity index (χ1v) is 6.15. The molecule has 5 nitrogen and oxygen atoms in total. The van der Waals surface area contributed by atoms with Crippen molar-refractivity contribution in [3.05, 3.63) is 69.8 Å². The zero-order chi connectivity index (χ0) is 15.2. The van der Waals surface area contributed by atoms with E-state index < -0.39 is 4.92 Å². The van der Waals surface area contributed by atoms with E-state index in [2.05, 4.69) is 6.07 Å². The van der Waals surface area contributed by atoms with E-state index >= 15 is 0 Å². The topological polar surface area (TPSA) is 76.2 Å². The number of nitro benzene ring substituents is 1. The van der Waals surface area contributed by atoms with Crippen LogP contribution in [0.2, 0.25) is 0 Å². The van der Waals surface area contributed by atoms with Crippen molar-refractivity contribution in [3.8, 4) is 11.8 Å². The van der Waals surface area contributed by atoms with Gasteiger partial charge in [-0.05, 0) is 23.3 Å². The SMILES string of the molecule is COc1ccc(/C=C(\C#N)c2ccccc2)cc1[N+](=O)[O-]. The highest BCUT2D eigenvalue weighted by atomic mass is 16.6. The number of rotatable bonds is 4. The Labute approximate surface area is 121 Å². The van der Waals surface area contributed by atoms with Gasteiger partial charge in [0.2, 0.25) is 0 Å². The van der Waals surface area contributed by atoms with Crippen molar-refractivity contribution in [2.45, 2.75) is 0 Å². The molecule has 0 aliphatic heterocycles. The van der Waals surface area contributed by atoms with Crippen LogP contribution in [0, 0.1) is 21.4 Å². The fourth-order valence-electron chi connectivity index (χ4n) is 1.90. The number of nitriles is 1. The lowest BCUT2D eigenvalue weighted by molar-refractivity contribution is -0.385. The summed E-state index contributed by atoms with van der Waals surface area (Å²) in [7, 11) is 1.38. The predicted molar refractivity (Wildman–Crippen MR) is 79.6 cm³/mol. The molecule has 5 heteroatoms. The number of ether oxygens (including phenoxy) is 1. The average Bonchev–Trinajstić information content (AvgIpc) is 2.53. The van der Waals surface area contributed by atoms with Gasteiger partial charge in [-0.3, -0.25) is 10.1 Å². The number of nitro groups is 1. The van der Waals surface area contributed by atoms with Crippen molar-refractivity contribution < 1.29 is 9.66 Å². The van der Waals surface area contributed by atoms with Crippen LogP contribution in [0.5, 0.6) is 5.75 Å². The second-order valence-corrected chi connectivity index (χ2v) is 4.22. The van der Waals surface area contributed by atoms with Crippen molar-refractivity contribution in [1.29, 1.82) is 5.26 Å². The highest BCUT2D eigenvalue weighted by Gasteiger charge is 2.14. The molecule has 0 N–H and O–H groups in total. The summed E-state index contributed by atoms with van der Waals surface area (Å²) in [5.41, 5.74) is 1.65. The van der Waals surface area contributed by atoms with E-state index in [1.54, 1.807) is 12.1 Å². The van der Waals surface area contributed by atoms with Gasteiger partial charge < -0.3 is 4.74 Å². The molecule has 21 heavy (non-hydrogen) atoms. The Bertz CT molecular complexity index is 731. The maximum atomic E-state index is 11.0. The Kier molecular flexibility index (Phi) is 4.32. The molecule has 0 spiro atoms. The first-order valence-electron chi connectivity index (χ1n) is 6.15. The van der Waals surface area contributed by atoms with Gasteiger partial charge >= 0.3 is 5.69 Å². The van der Waals surface area contributed by atoms with Crippen LogP contribution < -0.4 is 4.74 Å². The average molecular weight is 280 g/mol. The van der Waals surface area contributed by atoms with Crippen LogP contribution in [0.15, 0.2) is 48.5 Å². The van der Waals surface area contributed by atoms with Crippen molar-refractivity contribution in [1.82, 2.24) is 0 Å². The lowest BCUT2D eigenvalue weighted by Gasteiger charge is -2.03. The van der Waals surface area contributed by atoms with Gasteiger partial charge in [0, 0.05) is 6.07 Å². The zero-order valence-corrected chi connectivity index (χ0v) is 11.3. The Morgan fingerprint density at radius 3 is 2.57 bits per heavy atom. The number of allylic oxidation sites excluding steroid dienone is 1. The first-order chi connectivity index (χ1) is 10.2. The standard InChI is InChI=1S/C16H12N2O3/c1-21-16-8-7-12(10-15(16)18(19)20)9-14(11-17)13-5-3-2-4-6-13/h2-10H,1H3/b14-9+. The normalized spacial score (nSPS) is 10.8. The fraction of sp³-hybridized carbons (Fsp3) is 0.0625. The molecule has 2 aromatic rings. The molecule has 0 atom stereocenters. The predicted octanol–water partition coefficient (Wildman–Crippen LogP) is 3.67. The van der Waals surface area contributed by atoms with Crippen molar-refractivity contribution in [2.24, 2.45) is 0 Å². The minimum absolute atomic E-state index is 0.128. The summed E-state index contributed by atoms with van der Waals surface area (Å²) in [6.07, 6.45) is 1.61. The smallest absolute Gasteiger partial charge is 0.311 e. The Balaban J connectivity index is 2.47. The molecule has 0 radical (unpaired) electrons. The van der Waals surface area contributed by atoms with Crippen LogP contribution >= 0.6 is 0 Å². The molecule has 0 bridgehead atoms. The molecule has 0 fully saturated rings. The van der Waals surface area contributed by atoms with Gasteiger partial charge in [0.1, 0.15) is 0 Å². The lowest BCUT2D eigenvalue weighted by Crippen LogP contribution is -1.94. The van der Waals surface area contributed by atoms with E-state index in [0.717, 1.165) is 5.56 Å². The van der Waals surface area contributed by atoms with Crippen LogP contribution in [0.3, 0.4) is 0 Å². The number of nitrogens with zero attached hydrogens (tertiary/aromatic N) is 2. The highest BCUT2D eigenvalue weighted by Crippen LogP contribution is 2.29. The lowest BCUT2D eigenvalue weighted by atomic mass is 10.0. The van der Waals surface area contributed by atoms with Gasteiger partial charge in [0.25, 0.3) is 0 Å². The number of benzene rings is 2. The van der Waals surface area contributed by atoms with E-state index in [1.807, 2.05) is 30.3 Å². The summed E-state index contributed by atoms with van der Waals surface area (Å²) in [6.45, 7) is 0. The van der Waals surface area contributed by atoms with Crippen molar-refractivity contribution in [3.63, 3.8) is 0 Å². The zero-order valence-electron chi connectivity index (χ0n) is 11.3. The Morgan fingerprint density at radius 2 is 2.00 bits per heavy atom. The molecule has 0 aliphatic carbocycles. The minimum atomic E-state index is -0.509. The summed E-state index contributed by atoms with van der Waals surface area (Å²) in [6, 6.07) is 15.8. The number of hydrogen-bond donors (Lipinski definition) is 0. The van der Waals surface area contributed by atoms with Gasteiger partial charge in [-0.1, -0.05) is 36.4 Å². The molecular weight excluding hydrogens is 268 g/mol. The molecule has 0 unspecified atom stereocenters. The highest BCUT2D eigenvalue weighted by molar-refractivity contribution is 5.89. The minimum Gasteiger partial charge on any atom is -0.490 e. The summed E-state index contributed by atoms with van der Waals surface area (Å²) in [5.74, 6) is 0.190. The second-order valence-electron chi connectivity index (χ2n) is 4.22. The molecule has 0 amide bonds. The Hall–Kier alpha value is -3.13. The summed E-state index contributed by atoms with van der Waals surface area (Å²) in [5, 5.41) is 20.2. The molecule has 2 aromatic carbocycles. The molecule has 2 rings (SSSR count). The molecule has 0 saturated carbocycles. The van der Waals surface area contributed by atoms with Gasteiger partial charge in [-0.15, -0.1) is 0 Å².